The van der Waals surface area contributed by atoms with Crippen molar-refractivity contribution in [3.05, 3.63) is 64.2 Å². The first kappa shape index (κ1) is 14.2. The summed E-state index contributed by atoms with van der Waals surface area (Å²) in [6.45, 7) is 4.73. The fraction of sp³-hybridized carbons (Fsp3) is 0.368. The molecule has 2 heteroatoms. The molecule has 0 radical (unpaired) electrons. The Labute approximate surface area is 126 Å². The van der Waals surface area contributed by atoms with Crippen LogP contribution in [-0.4, -0.2) is 6.61 Å². The van der Waals surface area contributed by atoms with Gasteiger partial charge in [0.05, 0.1) is 6.04 Å². The third-order valence-electron chi connectivity index (χ3n) is 4.32. The van der Waals surface area contributed by atoms with Crippen LogP contribution >= 0.6 is 0 Å². The van der Waals surface area contributed by atoms with E-state index in [0.717, 1.165) is 5.75 Å². The van der Waals surface area contributed by atoms with Crippen LogP contribution in [0.1, 0.15) is 40.3 Å². The Kier molecular flexibility index (Phi) is 3.98. The van der Waals surface area contributed by atoms with Gasteiger partial charge in [-0.25, -0.2) is 0 Å². The van der Waals surface area contributed by atoms with Crippen LogP contribution in [0.3, 0.4) is 0 Å². The van der Waals surface area contributed by atoms with Gasteiger partial charge in [-0.1, -0.05) is 29.8 Å². The molecule has 2 nitrogen and oxygen atoms in total. The van der Waals surface area contributed by atoms with Gasteiger partial charge < -0.3 is 10.5 Å². The third-order valence-corrected chi connectivity index (χ3v) is 4.32. The zero-order valence-corrected chi connectivity index (χ0v) is 12.9. The Morgan fingerprint density at radius 2 is 1.86 bits per heavy atom. The van der Waals surface area contributed by atoms with Gasteiger partial charge in [0.1, 0.15) is 12.4 Å². The second-order valence-electron chi connectivity index (χ2n) is 6.06. The smallest absolute Gasteiger partial charge is 0.119 e. The van der Waals surface area contributed by atoms with Crippen molar-refractivity contribution in [1.29, 1.82) is 0 Å². The lowest BCUT2D eigenvalue weighted by molar-refractivity contribution is 0.290. The van der Waals surface area contributed by atoms with Gasteiger partial charge in [-0.15, -0.1) is 0 Å². The summed E-state index contributed by atoms with van der Waals surface area (Å²) >= 11 is 0. The highest BCUT2D eigenvalue weighted by molar-refractivity contribution is 5.38. The minimum Gasteiger partial charge on any atom is -0.492 e. The molecule has 110 valence electrons. The Morgan fingerprint density at radius 3 is 2.67 bits per heavy atom. The number of benzene rings is 2. The number of aryl methyl sites for hydroxylation is 4. The molecular formula is C19H23NO. The first-order valence-electron chi connectivity index (χ1n) is 7.71. The van der Waals surface area contributed by atoms with Gasteiger partial charge >= 0.3 is 0 Å². The predicted octanol–water partition coefficient (Wildman–Crippen LogP) is 3.87. The molecule has 1 aliphatic rings. The van der Waals surface area contributed by atoms with E-state index in [9.17, 15) is 0 Å². The average molecular weight is 281 g/mol. The Morgan fingerprint density at radius 1 is 1.05 bits per heavy atom. The number of nitrogens with two attached hydrogens (primary N) is 1. The van der Waals surface area contributed by atoms with Crippen LogP contribution in [0, 0.1) is 13.8 Å². The molecule has 1 unspecified atom stereocenters. The number of hydrogen-bond donors (Lipinski definition) is 1. The summed E-state index contributed by atoms with van der Waals surface area (Å²) < 4.78 is 5.91. The maximum Gasteiger partial charge on any atom is 0.119 e. The van der Waals surface area contributed by atoms with E-state index in [2.05, 4.69) is 50.2 Å². The Bertz CT molecular complexity index is 648. The van der Waals surface area contributed by atoms with E-state index in [1.54, 1.807) is 0 Å². The van der Waals surface area contributed by atoms with E-state index in [-0.39, 0.29) is 6.04 Å². The van der Waals surface area contributed by atoms with E-state index in [0.29, 0.717) is 6.61 Å². The summed E-state index contributed by atoms with van der Waals surface area (Å²) in [6.07, 6.45) is 3.65. The highest BCUT2D eigenvalue weighted by Gasteiger charge is 2.13. The molecule has 2 aromatic rings. The van der Waals surface area contributed by atoms with E-state index in [1.807, 2.05) is 0 Å². The minimum atomic E-state index is -0.0844. The lowest BCUT2D eigenvalue weighted by atomic mass is 10.0. The molecule has 0 bridgehead atoms. The molecule has 2 aromatic carbocycles. The van der Waals surface area contributed by atoms with E-state index in [4.69, 9.17) is 10.5 Å². The summed E-state index contributed by atoms with van der Waals surface area (Å²) in [5.74, 6) is 0.941. The standard InChI is InChI=1S/C19H23NO/c1-13-6-9-18(14(2)10-13)19(20)12-21-17-8-7-15-4-3-5-16(15)11-17/h6-11,19H,3-5,12,20H2,1-2H3. The first-order valence-corrected chi connectivity index (χ1v) is 7.71. The number of fused-ring (bicyclic) bond motifs is 1. The molecule has 21 heavy (non-hydrogen) atoms. The van der Waals surface area contributed by atoms with Gasteiger partial charge in [-0.3, -0.25) is 0 Å². The summed E-state index contributed by atoms with van der Waals surface area (Å²) in [6, 6.07) is 12.7. The zero-order chi connectivity index (χ0) is 14.8. The fourth-order valence-electron chi connectivity index (χ4n) is 3.16. The first-order chi connectivity index (χ1) is 10.1. The van der Waals surface area contributed by atoms with E-state index < -0.39 is 0 Å². The van der Waals surface area contributed by atoms with Crippen molar-refractivity contribution < 1.29 is 4.74 Å². The molecule has 0 aromatic heterocycles. The van der Waals surface area contributed by atoms with Crippen molar-refractivity contribution in [3.8, 4) is 5.75 Å². The third kappa shape index (κ3) is 3.11. The second kappa shape index (κ2) is 5.90. The summed E-state index contributed by atoms with van der Waals surface area (Å²) in [7, 11) is 0. The average Bonchev–Trinajstić information content (AvgIpc) is 2.92. The van der Waals surface area contributed by atoms with Crippen LogP contribution in [0.2, 0.25) is 0 Å². The second-order valence-corrected chi connectivity index (χ2v) is 6.06. The molecule has 2 N–H and O–H groups in total. The maximum atomic E-state index is 6.28. The van der Waals surface area contributed by atoms with Crippen LogP contribution in [0.5, 0.6) is 5.75 Å². The largest absolute Gasteiger partial charge is 0.492 e. The predicted molar refractivity (Wildman–Crippen MR) is 86.8 cm³/mol. The number of hydrogen-bond acceptors (Lipinski definition) is 2. The van der Waals surface area contributed by atoms with Crippen LogP contribution in [0.25, 0.3) is 0 Å². The van der Waals surface area contributed by atoms with Gasteiger partial charge in [-0.2, -0.15) is 0 Å². The Balaban J connectivity index is 1.67. The molecule has 0 heterocycles. The summed E-state index contributed by atoms with van der Waals surface area (Å²) in [5.41, 5.74) is 12.9. The SMILES string of the molecule is Cc1ccc(C(N)COc2ccc3c(c2)CCC3)c(C)c1. The number of ether oxygens (including phenoxy) is 1. The van der Waals surface area contributed by atoms with Crippen molar-refractivity contribution in [2.45, 2.75) is 39.2 Å². The molecule has 0 fully saturated rings. The van der Waals surface area contributed by atoms with Gasteiger partial charge in [0, 0.05) is 0 Å². The quantitative estimate of drug-likeness (QED) is 0.923. The van der Waals surface area contributed by atoms with Crippen LogP contribution in [0.15, 0.2) is 36.4 Å². The monoisotopic (exact) mass is 281 g/mol. The molecule has 1 aliphatic carbocycles. The summed E-state index contributed by atoms with van der Waals surface area (Å²) in [4.78, 5) is 0. The molecule has 0 spiro atoms. The van der Waals surface area contributed by atoms with Crippen LogP contribution in [0.4, 0.5) is 0 Å². The highest BCUT2D eigenvalue weighted by Crippen LogP contribution is 2.26. The van der Waals surface area contributed by atoms with Gasteiger partial charge in [0.25, 0.3) is 0 Å². The topological polar surface area (TPSA) is 35.2 Å². The highest BCUT2D eigenvalue weighted by atomic mass is 16.5. The fourth-order valence-corrected chi connectivity index (χ4v) is 3.16. The van der Waals surface area contributed by atoms with Crippen molar-refractivity contribution in [3.63, 3.8) is 0 Å². The molecule has 1 atom stereocenters. The van der Waals surface area contributed by atoms with Crippen LogP contribution in [-0.2, 0) is 12.8 Å². The van der Waals surface area contributed by atoms with Crippen molar-refractivity contribution in [1.82, 2.24) is 0 Å². The van der Waals surface area contributed by atoms with Gasteiger partial charge in [0.2, 0.25) is 0 Å². The molecule has 0 aliphatic heterocycles. The van der Waals surface area contributed by atoms with E-state index >= 15 is 0 Å². The lowest BCUT2D eigenvalue weighted by Crippen LogP contribution is -2.20. The number of rotatable bonds is 4. The van der Waals surface area contributed by atoms with Crippen molar-refractivity contribution >= 4 is 0 Å². The minimum absolute atomic E-state index is 0.0844. The zero-order valence-electron chi connectivity index (χ0n) is 12.9. The van der Waals surface area contributed by atoms with E-state index in [1.165, 1.54) is 47.1 Å². The summed E-state index contributed by atoms with van der Waals surface area (Å²) in [5, 5.41) is 0. The maximum absolute atomic E-state index is 6.28. The molecule has 0 amide bonds. The molecule has 0 saturated carbocycles. The molecule has 3 rings (SSSR count). The van der Waals surface area contributed by atoms with Crippen LogP contribution < -0.4 is 10.5 Å². The Hall–Kier alpha value is -1.80. The lowest BCUT2D eigenvalue weighted by Gasteiger charge is -2.16. The molecule has 0 saturated heterocycles. The van der Waals surface area contributed by atoms with Gasteiger partial charge in [-0.05, 0) is 67.5 Å². The van der Waals surface area contributed by atoms with Crippen molar-refractivity contribution in [2.24, 2.45) is 5.73 Å². The van der Waals surface area contributed by atoms with Gasteiger partial charge in [0.15, 0.2) is 0 Å². The normalized spacial score (nSPS) is 14.8. The molecular weight excluding hydrogens is 258 g/mol. The van der Waals surface area contributed by atoms with Crippen molar-refractivity contribution in [2.75, 3.05) is 6.61 Å².